The van der Waals surface area contributed by atoms with Crippen molar-refractivity contribution >= 4 is 22.5 Å². The molecule has 21 heavy (non-hydrogen) atoms. The molecule has 2 rings (SSSR count). The summed E-state index contributed by atoms with van der Waals surface area (Å²) >= 11 is 1.37. The van der Waals surface area contributed by atoms with E-state index in [1.54, 1.807) is 0 Å². The van der Waals surface area contributed by atoms with Crippen LogP contribution in [-0.2, 0) is 4.74 Å². The van der Waals surface area contributed by atoms with Crippen molar-refractivity contribution in [1.82, 2.24) is 4.37 Å². The topological polar surface area (TPSA) is 51.2 Å². The second kappa shape index (κ2) is 7.78. The molecule has 1 fully saturated rings. The zero-order chi connectivity index (χ0) is 15.2. The molecule has 0 atom stereocenters. The smallest absolute Gasteiger partial charge is 0.343 e. The number of aryl methyl sites for hydroxylation is 1. The van der Waals surface area contributed by atoms with Crippen LogP contribution in [0.5, 0.6) is 0 Å². The van der Waals surface area contributed by atoms with Gasteiger partial charge in [0.05, 0.1) is 12.3 Å². The lowest BCUT2D eigenvalue weighted by Gasteiger charge is -2.29. The van der Waals surface area contributed by atoms with Crippen molar-refractivity contribution in [1.29, 1.82) is 0 Å². The van der Waals surface area contributed by atoms with Crippen molar-refractivity contribution in [2.24, 2.45) is 5.92 Å². The zero-order valence-electron chi connectivity index (χ0n) is 13.3. The Bertz CT molecular complexity index is 465. The summed E-state index contributed by atoms with van der Waals surface area (Å²) in [5.74, 6) is 0.631. The standard InChI is InChI=1S/C16H26N2O2S/c1-4-6-12-7-9-13(10-8-12)17-15-14(11(3)18-21-15)16(19)20-5-2/h12-13,17H,4-10H2,1-3H3. The fraction of sp³-hybridized carbons (Fsp3) is 0.750. The molecule has 5 heteroatoms. The van der Waals surface area contributed by atoms with Gasteiger partial charge < -0.3 is 10.1 Å². The quantitative estimate of drug-likeness (QED) is 0.791. The Morgan fingerprint density at radius 2 is 2.05 bits per heavy atom. The number of carbonyl (C=O) groups is 1. The van der Waals surface area contributed by atoms with E-state index in [-0.39, 0.29) is 5.97 Å². The molecule has 0 spiro atoms. The van der Waals surface area contributed by atoms with Crippen LogP contribution in [0.25, 0.3) is 0 Å². The highest BCUT2D eigenvalue weighted by Gasteiger charge is 2.25. The van der Waals surface area contributed by atoms with E-state index in [1.165, 1.54) is 50.1 Å². The maximum atomic E-state index is 12.0. The second-order valence-electron chi connectivity index (χ2n) is 5.84. The summed E-state index contributed by atoms with van der Waals surface area (Å²) in [6.07, 6.45) is 7.58. The molecule has 1 heterocycles. The van der Waals surface area contributed by atoms with E-state index < -0.39 is 0 Å². The Morgan fingerprint density at radius 3 is 2.67 bits per heavy atom. The van der Waals surface area contributed by atoms with Gasteiger partial charge in [0.1, 0.15) is 10.6 Å². The van der Waals surface area contributed by atoms with Crippen molar-refractivity contribution in [2.75, 3.05) is 11.9 Å². The number of hydrogen-bond acceptors (Lipinski definition) is 5. The summed E-state index contributed by atoms with van der Waals surface area (Å²) in [4.78, 5) is 12.0. The first-order chi connectivity index (χ1) is 10.2. The van der Waals surface area contributed by atoms with Gasteiger partial charge in [-0.3, -0.25) is 0 Å². The first-order valence-corrected chi connectivity index (χ1v) is 8.82. The van der Waals surface area contributed by atoms with Crippen molar-refractivity contribution in [3.8, 4) is 0 Å². The highest BCUT2D eigenvalue weighted by Crippen LogP contribution is 2.32. The summed E-state index contributed by atoms with van der Waals surface area (Å²) in [5.41, 5.74) is 1.39. The van der Waals surface area contributed by atoms with Gasteiger partial charge in [0.2, 0.25) is 0 Å². The minimum Gasteiger partial charge on any atom is -0.462 e. The molecule has 0 aliphatic heterocycles. The number of nitrogens with one attached hydrogen (secondary N) is 1. The minimum absolute atomic E-state index is 0.258. The summed E-state index contributed by atoms with van der Waals surface area (Å²) in [7, 11) is 0. The van der Waals surface area contributed by atoms with Crippen molar-refractivity contribution in [3.05, 3.63) is 11.3 Å². The number of rotatable bonds is 6. The van der Waals surface area contributed by atoms with Crippen LogP contribution < -0.4 is 5.32 Å². The van der Waals surface area contributed by atoms with Crippen LogP contribution in [0.15, 0.2) is 0 Å². The maximum absolute atomic E-state index is 12.0. The van der Waals surface area contributed by atoms with Crippen LogP contribution in [0, 0.1) is 12.8 Å². The molecular formula is C16H26N2O2S. The van der Waals surface area contributed by atoms with Crippen LogP contribution in [0.1, 0.15) is 68.4 Å². The predicted molar refractivity (Wildman–Crippen MR) is 87.1 cm³/mol. The van der Waals surface area contributed by atoms with E-state index in [4.69, 9.17) is 4.74 Å². The van der Waals surface area contributed by atoms with E-state index >= 15 is 0 Å². The van der Waals surface area contributed by atoms with Gasteiger partial charge in [0.25, 0.3) is 0 Å². The average Bonchev–Trinajstić information content (AvgIpc) is 2.82. The Morgan fingerprint density at radius 1 is 1.33 bits per heavy atom. The molecule has 118 valence electrons. The molecule has 1 saturated carbocycles. The third kappa shape index (κ3) is 4.19. The number of nitrogens with zero attached hydrogens (tertiary/aromatic N) is 1. The van der Waals surface area contributed by atoms with E-state index in [2.05, 4.69) is 16.6 Å². The molecule has 4 nitrogen and oxygen atoms in total. The largest absolute Gasteiger partial charge is 0.462 e. The number of esters is 1. The van der Waals surface area contributed by atoms with E-state index in [1.807, 2.05) is 13.8 Å². The van der Waals surface area contributed by atoms with Gasteiger partial charge in [-0.2, -0.15) is 4.37 Å². The molecule has 1 aromatic rings. The molecule has 0 saturated heterocycles. The number of aromatic nitrogens is 1. The Balaban J connectivity index is 1.96. The molecule has 0 unspecified atom stereocenters. The summed E-state index contributed by atoms with van der Waals surface area (Å²) in [6.45, 7) is 6.35. The van der Waals surface area contributed by atoms with Crippen molar-refractivity contribution in [2.45, 2.75) is 65.3 Å². The van der Waals surface area contributed by atoms with E-state index in [0.29, 0.717) is 18.2 Å². The van der Waals surface area contributed by atoms with E-state index in [0.717, 1.165) is 16.6 Å². The van der Waals surface area contributed by atoms with Crippen LogP contribution >= 0.6 is 11.5 Å². The minimum atomic E-state index is -0.258. The number of ether oxygens (including phenoxy) is 1. The lowest BCUT2D eigenvalue weighted by molar-refractivity contribution is 0.0527. The zero-order valence-corrected chi connectivity index (χ0v) is 14.1. The lowest BCUT2D eigenvalue weighted by Crippen LogP contribution is -2.26. The Kier molecular flexibility index (Phi) is 6.03. The lowest BCUT2D eigenvalue weighted by atomic mass is 9.83. The second-order valence-corrected chi connectivity index (χ2v) is 6.62. The molecule has 0 radical (unpaired) electrons. The monoisotopic (exact) mass is 310 g/mol. The molecular weight excluding hydrogens is 284 g/mol. The molecule has 0 bridgehead atoms. The predicted octanol–water partition coefficient (Wildman–Crippen LogP) is 4.40. The molecule has 1 N–H and O–H groups in total. The Hall–Kier alpha value is -1.10. The highest BCUT2D eigenvalue weighted by molar-refractivity contribution is 7.10. The fourth-order valence-electron chi connectivity index (χ4n) is 3.10. The third-order valence-corrected chi connectivity index (χ3v) is 5.09. The fourth-order valence-corrected chi connectivity index (χ4v) is 3.96. The summed E-state index contributed by atoms with van der Waals surface area (Å²) in [6, 6.07) is 0.464. The van der Waals surface area contributed by atoms with Gasteiger partial charge in [-0.05, 0) is 57.0 Å². The summed E-state index contributed by atoms with van der Waals surface area (Å²) in [5, 5.41) is 4.41. The maximum Gasteiger partial charge on any atom is 0.343 e. The average molecular weight is 310 g/mol. The molecule has 1 aliphatic carbocycles. The number of carbonyl (C=O) groups excluding carboxylic acids is 1. The molecule has 1 aliphatic rings. The van der Waals surface area contributed by atoms with Crippen LogP contribution in [0.2, 0.25) is 0 Å². The normalized spacial score (nSPS) is 22.0. The van der Waals surface area contributed by atoms with Crippen molar-refractivity contribution in [3.63, 3.8) is 0 Å². The number of hydrogen-bond donors (Lipinski definition) is 1. The Labute approximate surface area is 131 Å². The molecule has 0 amide bonds. The van der Waals surface area contributed by atoms with Crippen LogP contribution in [0.4, 0.5) is 5.00 Å². The van der Waals surface area contributed by atoms with Gasteiger partial charge in [-0.15, -0.1) is 0 Å². The number of anilines is 1. The van der Waals surface area contributed by atoms with Gasteiger partial charge in [0.15, 0.2) is 0 Å². The van der Waals surface area contributed by atoms with Crippen LogP contribution in [-0.4, -0.2) is 23.0 Å². The first-order valence-electron chi connectivity index (χ1n) is 8.05. The van der Waals surface area contributed by atoms with Gasteiger partial charge >= 0.3 is 5.97 Å². The molecule has 1 aromatic heterocycles. The summed E-state index contributed by atoms with van der Waals surface area (Å²) < 4.78 is 9.44. The molecule has 0 aromatic carbocycles. The SMILES string of the molecule is CCCC1CCC(Nc2snc(C)c2C(=O)OCC)CC1. The van der Waals surface area contributed by atoms with Crippen molar-refractivity contribution < 1.29 is 9.53 Å². The third-order valence-electron chi connectivity index (χ3n) is 4.22. The first kappa shape index (κ1) is 16.3. The van der Waals surface area contributed by atoms with Gasteiger partial charge in [-0.25, -0.2) is 4.79 Å². The highest BCUT2D eigenvalue weighted by atomic mass is 32.1. The van der Waals surface area contributed by atoms with Gasteiger partial charge in [0, 0.05) is 6.04 Å². The van der Waals surface area contributed by atoms with Gasteiger partial charge in [-0.1, -0.05) is 19.8 Å². The van der Waals surface area contributed by atoms with E-state index in [9.17, 15) is 4.79 Å². The van der Waals surface area contributed by atoms with Crippen LogP contribution in [0.3, 0.4) is 0 Å².